The van der Waals surface area contributed by atoms with Crippen LogP contribution in [0.25, 0.3) is 0 Å². The number of ether oxygens (including phenoxy) is 1. The molecule has 2 amide bonds. The molecule has 1 atom stereocenters. The minimum absolute atomic E-state index is 0. The van der Waals surface area contributed by atoms with Crippen molar-refractivity contribution in [2.75, 3.05) is 13.1 Å². The maximum atomic E-state index is 12.0. The summed E-state index contributed by atoms with van der Waals surface area (Å²) in [4.78, 5) is 28.5. The number of pyridine rings is 1. The first-order chi connectivity index (χ1) is 11.3. The number of urea groups is 1. The highest BCUT2D eigenvalue weighted by atomic mass is 35.5. The largest absolute Gasteiger partial charge is 0.460 e. The van der Waals surface area contributed by atoms with E-state index in [0.29, 0.717) is 25.1 Å². The number of likely N-dealkylation sites (tertiary alicyclic amines) is 1. The molecule has 2 heterocycles. The second-order valence-electron chi connectivity index (χ2n) is 5.84. The minimum atomic E-state index is -0.706. The van der Waals surface area contributed by atoms with Gasteiger partial charge in [0, 0.05) is 13.1 Å². The van der Waals surface area contributed by atoms with Crippen LogP contribution in [-0.2, 0) is 16.1 Å². The third-order valence-electron chi connectivity index (χ3n) is 4.02. The number of amides is 2. The minimum Gasteiger partial charge on any atom is -0.460 e. The zero-order valence-corrected chi connectivity index (χ0v) is 15.8. The molecule has 0 spiro atoms. The van der Waals surface area contributed by atoms with E-state index < -0.39 is 18.0 Å². The first-order valence-electron chi connectivity index (χ1n) is 7.63. The summed E-state index contributed by atoms with van der Waals surface area (Å²) in [7, 11) is 0. The monoisotopic (exact) mass is 410 g/mol. The predicted octanol–water partition coefficient (Wildman–Crippen LogP) is 2.36. The van der Waals surface area contributed by atoms with Gasteiger partial charge in [-0.25, -0.2) is 9.78 Å². The number of aromatic nitrogens is 1. The van der Waals surface area contributed by atoms with Crippen molar-refractivity contribution >= 4 is 47.6 Å². The van der Waals surface area contributed by atoms with Gasteiger partial charge in [-0.2, -0.15) is 0 Å². The van der Waals surface area contributed by atoms with Gasteiger partial charge < -0.3 is 21.1 Å². The van der Waals surface area contributed by atoms with Crippen molar-refractivity contribution in [3.05, 3.63) is 28.0 Å². The lowest BCUT2D eigenvalue weighted by Gasteiger charge is -2.31. The summed E-state index contributed by atoms with van der Waals surface area (Å²) in [5, 5.41) is 0.470. The summed E-state index contributed by atoms with van der Waals surface area (Å²) in [5.41, 5.74) is 11.8. The molecule has 1 aromatic heterocycles. The fraction of sp³-hybridized carbons (Fsp3) is 0.533. The van der Waals surface area contributed by atoms with Crippen molar-refractivity contribution in [3.8, 4) is 0 Å². The molecular formula is C15H21Cl3N4O3. The molecule has 10 heteroatoms. The Bertz CT molecular complexity index is 589. The number of hydrogen-bond acceptors (Lipinski definition) is 5. The summed E-state index contributed by atoms with van der Waals surface area (Å²) in [5.74, 6) is -0.204. The summed E-state index contributed by atoms with van der Waals surface area (Å²) in [6, 6.07) is 2.03. The van der Waals surface area contributed by atoms with E-state index in [-0.39, 0.29) is 35.2 Å². The molecule has 0 saturated carbocycles. The molecule has 2 rings (SSSR count). The Morgan fingerprint density at radius 2 is 1.84 bits per heavy atom. The molecule has 1 fully saturated rings. The Labute approximate surface area is 162 Å². The molecule has 0 radical (unpaired) electrons. The summed E-state index contributed by atoms with van der Waals surface area (Å²) < 4.78 is 5.21. The average Bonchev–Trinajstić information content (AvgIpc) is 2.52. The zero-order chi connectivity index (χ0) is 17.7. The van der Waals surface area contributed by atoms with Gasteiger partial charge in [0.1, 0.15) is 23.0 Å². The van der Waals surface area contributed by atoms with Crippen LogP contribution in [0, 0.1) is 5.92 Å². The van der Waals surface area contributed by atoms with Gasteiger partial charge in [-0.05, 0) is 42.9 Å². The lowest BCUT2D eigenvalue weighted by atomic mass is 9.90. The van der Waals surface area contributed by atoms with Crippen molar-refractivity contribution in [2.45, 2.75) is 31.9 Å². The Morgan fingerprint density at radius 3 is 2.36 bits per heavy atom. The fourth-order valence-electron chi connectivity index (χ4n) is 2.70. The van der Waals surface area contributed by atoms with Gasteiger partial charge in [0.05, 0.1) is 0 Å². The Balaban J connectivity index is 0.00000312. The number of rotatable bonds is 5. The molecular weight excluding hydrogens is 391 g/mol. The van der Waals surface area contributed by atoms with Crippen LogP contribution in [0.2, 0.25) is 10.3 Å². The molecule has 4 N–H and O–H groups in total. The first kappa shape index (κ1) is 21.8. The number of halogens is 3. The quantitative estimate of drug-likeness (QED) is 0.570. The van der Waals surface area contributed by atoms with E-state index in [1.54, 1.807) is 17.0 Å². The molecule has 0 unspecified atom stereocenters. The van der Waals surface area contributed by atoms with Gasteiger partial charge in [0.15, 0.2) is 0 Å². The van der Waals surface area contributed by atoms with Crippen LogP contribution in [0.1, 0.15) is 24.8 Å². The van der Waals surface area contributed by atoms with Crippen molar-refractivity contribution in [2.24, 2.45) is 17.4 Å². The van der Waals surface area contributed by atoms with E-state index in [1.807, 2.05) is 0 Å². The van der Waals surface area contributed by atoms with E-state index in [0.717, 1.165) is 12.8 Å². The second kappa shape index (κ2) is 10.0. The van der Waals surface area contributed by atoms with Crippen LogP contribution in [-0.4, -0.2) is 41.0 Å². The number of hydrogen-bond donors (Lipinski definition) is 2. The van der Waals surface area contributed by atoms with Gasteiger partial charge in [0.2, 0.25) is 0 Å². The second-order valence-corrected chi connectivity index (χ2v) is 6.61. The maximum absolute atomic E-state index is 12.0. The van der Waals surface area contributed by atoms with Crippen LogP contribution in [0.15, 0.2) is 12.1 Å². The standard InChI is InChI=1S/C15H20Cl2N4O3.ClH/c16-12-6-10(7-13(17)20-12)8-24-14(22)11(18)5-9-1-3-21(4-2-9)15(19)23;/h6-7,9,11H,1-5,8,18H2,(H2,19,23);1H/t11-;/m0./s1. The van der Waals surface area contributed by atoms with Gasteiger partial charge in [-0.15, -0.1) is 12.4 Å². The molecule has 0 bridgehead atoms. The number of nitrogens with zero attached hydrogens (tertiary/aromatic N) is 2. The zero-order valence-electron chi connectivity index (χ0n) is 13.5. The lowest BCUT2D eigenvalue weighted by Crippen LogP contribution is -2.43. The van der Waals surface area contributed by atoms with Crippen molar-refractivity contribution < 1.29 is 14.3 Å². The third-order valence-corrected chi connectivity index (χ3v) is 4.41. The van der Waals surface area contributed by atoms with E-state index >= 15 is 0 Å². The summed E-state index contributed by atoms with van der Waals surface area (Å²) in [6.07, 6.45) is 2.07. The molecule has 1 aliphatic heterocycles. The molecule has 1 aromatic rings. The van der Waals surface area contributed by atoms with Gasteiger partial charge >= 0.3 is 12.0 Å². The molecule has 1 saturated heterocycles. The average molecular weight is 412 g/mol. The Morgan fingerprint density at radius 1 is 1.28 bits per heavy atom. The Kier molecular flexibility index (Phi) is 8.71. The number of nitrogens with two attached hydrogens (primary N) is 2. The maximum Gasteiger partial charge on any atom is 0.323 e. The number of carbonyl (C=O) groups excluding carboxylic acids is 2. The molecule has 1 aliphatic rings. The van der Waals surface area contributed by atoms with Crippen LogP contribution in [0.5, 0.6) is 0 Å². The molecule has 0 aromatic carbocycles. The number of carbonyl (C=O) groups is 2. The highest BCUT2D eigenvalue weighted by Gasteiger charge is 2.26. The SMILES string of the molecule is Cl.NC(=O)N1CCC(C[C@H](N)C(=O)OCc2cc(Cl)nc(Cl)c2)CC1. The van der Waals surface area contributed by atoms with Crippen LogP contribution in [0.4, 0.5) is 4.79 Å². The Hall–Kier alpha value is -1.28. The van der Waals surface area contributed by atoms with E-state index in [2.05, 4.69) is 4.98 Å². The van der Waals surface area contributed by atoms with E-state index in [1.165, 1.54) is 0 Å². The molecule has 0 aliphatic carbocycles. The number of primary amides is 1. The highest BCUT2D eigenvalue weighted by molar-refractivity contribution is 6.32. The highest BCUT2D eigenvalue weighted by Crippen LogP contribution is 2.22. The lowest BCUT2D eigenvalue weighted by molar-refractivity contribution is -0.147. The topological polar surface area (TPSA) is 112 Å². The molecule has 7 nitrogen and oxygen atoms in total. The van der Waals surface area contributed by atoms with Crippen molar-refractivity contribution in [3.63, 3.8) is 0 Å². The van der Waals surface area contributed by atoms with E-state index in [9.17, 15) is 9.59 Å². The smallest absolute Gasteiger partial charge is 0.323 e. The van der Waals surface area contributed by atoms with Gasteiger partial charge in [-0.1, -0.05) is 23.2 Å². The third kappa shape index (κ3) is 6.86. The first-order valence-corrected chi connectivity index (χ1v) is 8.39. The summed E-state index contributed by atoms with van der Waals surface area (Å²) in [6.45, 7) is 1.22. The van der Waals surface area contributed by atoms with Gasteiger partial charge in [0.25, 0.3) is 0 Å². The van der Waals surface area contributed by atoms with Crippen LogP contribution < -0.4 is 11.5 Å². The normalized spacial score (nSPS) is 16.0. The molecule has 140 valence electrons. The van der Waals surface area contributed by atoms with Crippen molar-refractivity contribution in [1.82, 2.24) is 9.88 Å². The fourth-order valence-corrected chi connectivity index (χ4v) is 3.21. The van der Waals surface area contributed by atoms with Crippen LogP contribution in [0.3, 0.4) is 0 Å². The summed E-state index contributed by atoms with van der Waals surface area (Å²) >= 11 is 11.6. The number of piperidine rings is 1. The predicted molar refractivity (Wildman–Crippen MR) is 97.8 cm³/mol. The van der Waals surface area contributed by atoms with Crippen LogP contribution >= 0.6 is 35.6 Å². The molecule has 25 heavy (non-hydrogen) atoms. The van der Waals surface area contributed by atoms with Gasteiger partial charge in [-0.3, -0.25) is 4.79 Å². The van der Waals surface area contributed by atoms with E-state index in [4.69, 9.17) is 39.4 Å². The van der Waals surface area contributed by atoms with Crippen molar-refractivity contribution in [1.29, 1.82) is 0 Å². The number of esters is 1.